The third kappa shape index (κ3) is 3.69. The number of allylic oxidation sites excluding steroid dienone is 1. The van der Waals surface area contributed by atoms with E-state index < -0.39 is 10.0 Å². The molecule has 0 atom stereocenters. The van der Waals surface area contributed by atoms with Crippen molar-refractivity contribution in [2.24, 2.45) is 5.73 Å². The van der Waals surface area contributed by atoms with E-state index in [0.717, 1.165) is 29.5 Å². The molecule has 2 N–H and O–H groups in total. The smallest absolute Gasteiger partial charge is 0.243 e. The Morgan fingerprint density at radius 1 is 1.35 bits per heavy atom. The maximum absolute atomic E-state index is 12.6. The Morgan fingerprint density at radius 3 is 2.55 bits per heavy atom. The van der Waals surface area contributed by atoms with Crippen molar-refractivity contribution < 1.29 is 8.42 Å². The number of sulfonamides is 1. The Kier molecular flexibility index (Phi) is 5.92. The molecule has 0 spiro atoms. The second-order valence-corrected chi connectivity index (χ2v) is 7.01. The van der Waals surface area contributed by atoms with Gasteiger partial charge in [-0.2, -0.15) is 0 Å². The van der Waals surface area contributed by atoms with Crippen LogP contribution in [0, 0.1) is 13.8 Å². The predicted molar refractivity (Wildman–Crippen MR) is 83.1 cm³/mol. The summed E-state index contributed by atoms with van der Waals surface area (Å²) in [6.07, 6.45) is 3.37. The zero-order chi connectivity index (χ0) is 15.3. The molecule has 0 aliphatic heterocycles. The first-order valence-electron chi connectivity index (χ1n) is 6.72. The average molecular weight is 296 g/mol. The summed E-state index contributed by atoms with van der Waals surface area (Å²) in [5.74, 6) is 0. The van der Waals surface area contributed by atoms with Crippen LogP contribution in [0.15, 0.2) is 29.7 Å². The number of hydrogen-bond donors (Lipinski definition) is 1. The predicted octanol–water partition coefficient (Wildman–Crippen LogP) is 2.35. The normalized spacial score (nSPS) is 11.8. The standard InChI is InChI=1S/C15H24N2O2S/c1-5-6-7-8-17(4)20(18,19)15-10-14(11-16)9-12(2)13(15)3/h5,9-10H,1,6-8,11,16H2,2-4H3. The summed E-state index contributed by atoms with van der Waals surface area (Å²) in [5, 5.41) is 0. The van der Waals surface area contributed by atoms with Gasteiger partial charge in [-0.15, -0.1) is 6.58 Å². The molecule has 5 heteroatoms. The van der Waals surface area contributed by atoms with E-state index in [9.17, 15) is 8.42 Å². The highest BCUT2D eigenvalue weighted by Crippen LogP contribution is 2.24. The summed E-state index contributed by atoms with van der Waals surface area (Å²) in [6.45, 7) is 8.21. The minimum Gasteiger partial charge on any atom is -0.326 e. The molecule has 1 rings (SSSR count). The number of nitrogens with zero attached hydrogens (tertiary/aromatic N) is 1. The summed E-state index contributed by atoms with van der Waals surface area (Å²) >= 11 is 0. The Balaban J connectivity index is 3.14. The molecule has 0 aliphatic rings. The van der Waals surface area contributed by atoms with Crippen molar-refractivity contribution in [3.8, 4) is 0 Å². The lowest BCUT2D eigenvalue weighted by atomic mass is 10.1. The van der Waals surface area contributed by atoms with Crippen LogP contribution in [0.25, 0.3) is 0 Å². The van der Waals surface area contributed by atoms with Crippen LogP contribution in [-0.2, 0) is 16.6 Å². The van der Waals surface area contributed by atoms with Crippen LogP contribution < -0.4 is 5.73 Å². The van der Waals surface area contributed by atoms with Gasteiger partial charge in [0.2, 0.25) is 10.0 Å². The third-order valence-corrected chi connectivity index (χ3v) is 5.47. The molecule has 0 bridgehead atoms. The highest BCUT2D eigenvalue weighted by molar-refractivity contribution is 7.89. The van der Waals surface area contributed by atoms with Gasteiger partial charge in [0.25, 0.3) is 0 Å². The van der Waals surface area contributed by atoms with Crippen molar-refractivity contribution in [1.29, 1.82) is 0 Å². The molecule has 112 valence electrons. The van der Waals surface area contributed by atoms with Crippen LogP contribution in [0.5, 0.6) is 0 Å². The fourth-order valence-electron chi connectivity index (χ4n) is 2.03. The highest BCUT2D eigenvalue weighted by Gasteiger charge is 2.23. The van der Waals surface area contributed by atoms with Crippen LogP contribution in [0.4, 0.5) is 0 Å². The fraction of sp³-hybridized carbons (Fsp3) is 0.467. The lowest BCUT2D eigenvalue weighted by molar-refractivity contribution is 0.462. The Labute approximate surface area is 122 Å². The molecule has 1 aromatic rings. The lowest BCUT2D eigenvalue weighted by Crippen LogP contribution is -2.28. The van der Waals surface area contributed by atoms with Gasteiger partial charge >= 0.3 is 0 Å². The van der Waals surface area contributed by atoms with Crippen molar-refractivity contribution in [1.82, 2.24) is 4.31 Å². The van der Waals surface area contributed by atoms with Gasteiger partial charge in [0.1, 0.15) is 0 Å². The summed E-state index contributed by atoms with van der Waals surface area (Å²) in [6, 6.07) is 3.62. The van der Waals surface area contributed by atoms with Crippen molar-refractivity contribution in [3.63, 3.8) is 0 Å². The number of unbranched alkanes of at least 4 members (excludes halogenated alkanes) is 1. The average Bonchev–Trinajstić information content (AvgIpc) is 2.41. The van der Waals surface area contributed by atoms with Crippen LogP contribution in [0.3, 0.4) is 0 Å². The first-order chi connectivity index (χ1) is 9.34. The van der Waals surface area contributed by atoms with E-state index in [0.29, 0.717) is 18.0 Å². The van der Waals surface area contributed by atoms with E-state index in [4.69, 9.17) is 5.73 Å². The van der Waals surface area contributed by atoms with Gasteiger partial charge in [-0.25, -0.2) is 12.7 Å². The number of hydrogen-bond acceptors (Lipinski definition) is 3. The monoisotopic (exact) mass is 296 g/mol. The van der Waals surface area contributed by atoms with E-state index in [2.05, 4.69) is 6.58 Å². The lowest BCUT2D eigenvalue weighted by Gasteiger charge is -2.20. The van der Waals surface area contributed by atoms with Crippen LogP contribution >= 0.6 is 0 Å². The first kappa shape index (κ1) is 16.9. The zero-order valence-electron chi connectivity index (χ0n) is 12.5. The molecule has 4 nitrogen and oxygen atoms in total. The summed E-state index contributed by atoms with van der Waals surface area (Å²) in [4.78, 5) is 0.360. The third-order valence-electron chi connectivity index (χ3n) is 3.48. The molecule has 1 aromatic carbocycles. The van der Waals surface area contributed by atoms with Gasteiger partial charge in [0, 0.05) is 20.1 Å². The van der Waals surface area contributed by atoms with Gasteiger partial charge < -0.3 is 5.73 Å². The van der Waals surface area contributed by atoms with Gasteiger partial charge in [-0.05, 0) is 49.4 Å². The summed E-state index contributed by atoms with van der Waals surface area (Å²) < 4.78 is 26.7. The van der Waals surface area contributed by atoms with Gasteiger partial charge in [0.15, 0.2) is 0 Å². The van der Waals surface area contributed by atoms with Crippen LogP contribution in [-0.4, -0.2) is 26.3 Å². The summed E-state index contributed by atoms with van der Waals surface area (Å²) in [5.41, 5.74) is 8.21. The Hall–Kier alpha value is -1.17. The van der Waals surface area contributed by atoms with Crippen molar-refractivity contribution in [3.05, 3.63) is 41.5 Å². The Bertz CT molecular complexity index is 580. The quantitative estimate of drug-likeness (QED) is 0.620. The van der Waals surface area contributed by atoms with Crippen molar-refractivity contribution >= 4 is 10.0 Å². The molecule has 0 aliphatic carbocycles. The summed E-state index contributed by atoms with van der Waals surface area (Å²) in [7, 11) is -1.85. The first-order valence-corrected chi connectivity index (χ1v) is 8.16. The molecule has 0 radical (unpaired) electrons. The fourth-order valence-corrected chi connectivity index (χ4v) is 3.58. The molecule has 0 heterocycles. The van der Waals surface area contributed by atoms with Crippen molar-refractivity contribution in [2.75, 3.05) is 13.6 Å². The minimum absolute atomic E-state index is 0.337. The minimum atomic E-state index is -3.46. The van der Waals surface area contributed by atoms with Gasteiger partial charge in [-0.1, -0.05) is 12.1 Å². The number of aryl methyl sites for hydroxylation is 1. The van der Waals surface area contributed by atoms with E-state index in [1.165, 1.54) is 4.31 Å². The van der Waals surface area contributed by atoms with E-state index in [1.807, 2.05) is 19.9 Å². The largest absolute Gasteiger partial charge is 0.326 e. The van der Waals surface area contributed by atoms with E-state index in [1.54, 1.807) is 19.2 Å². The number of nitrogens with two attached hydrogens (primary N) is 1. The Morgan fingerprint density at radius 2 is 2.00 bits per heavy atom. The number of benzene rings is 1. The molecule has 0 aromatic heterocycles. The molecule has 0 saturated heterocycles. The maximum atomic E-state index is 12.6. The van der Waals surface area contributed by atoms with Crippen molar-refractivity contribution in [2.45, 2.75) is 38.1 Å². The molecule has 0 fully saturated rings. The van der Waals surface area contributed by atoms with Gasteiger partial charge in [-0.3, -0.25) is 0 Å². The van der Waals surface area contributed by atoms with E-state index in [-0.39, 0.29) is 0 Å². The molecule has 20 heavy (non-hydrogen) atoms. The van der Waals surface area contributed by atoms with E-state index >= 15 is 0 Å². The second kappa shape index (κ2) is 7.02. The molecule has 0 unspecified atom stereocenters. The second-order valence-electron chi connectivity index (χ2n) is 5.00. The highest BCUT2D eigenvalue weighted by atomic mass is 32.2. The number of rotatable bonds is 7. The SMILES string of the molecule is C=CCCCN(C)S(=O)(=O)c1cc(CN)cc(C)c1C. The zero-order valence-corrected chi connectivity index (χ0v) is 13.3. The van der Waals surface area contributed by atoms with Gasteiger partial charge in [0.05, 0.1) is 4.90 Å². The molecular weight excluding hydrogens is 272 g/mol. The maximum Gasteiger partial charge on any atom is 0.243 e. The molecule has 0 saturated carbocycles. The molecule has 0 amide bonds. The van der Waals surface area contributed by atoms with Crippen LogP contribution in [0.2, 0.25) is 0 Å². The molecular formula is C15H24N2O2S. The van der Waals surface area contributed by atoms with Crippen LogP contribution in [0.1, 0.15) is 29.5 Å². The topological polar surface area (TPSA) is 63.4 Å².